The van der Waals surface area contributed by atoms with E-state index in [2.05, 4.69) is 47.4 Å². The molecule has 0 bridgehead atoms. The van der Waals surface area contributed by atoms with Gasteiger partial charge >= 0.3 is 0 Å². The number of hydrogen-bond acceptors (Lipinski definition) is 3. The lowest BCUT2D eigenvalue weighted by atomic mass is 9.96. The monoisotopic (exact) mass is 323 g/mol. The van der Waals surface area contributed by atoms with Crippen LogP contribution in [-0.4, -0.2) is 40.4 Å². The van der Waals surface area contributed by atoms with Gasteiger partial charge in [-0.3, -0.25) is 4.90 Å². The fraction of sp³-hybridized carbons (Fsp3) is 0.429. The van der Waals surface area contributed by atoms with Gasteiger partial charge in [-0.1, -0.05) is 42.5 Å². The Kier molecular flexibility index (Phi) is 4.17. The van der Waals surface area contributed by atoms with Crippen LogP contribution >= 0.6 is 0 Å². The molecule has 1 fully saturated rings. The highest BCUT2D eigenvalue weighted by atomic mass is 16.3. The number of benzene rings is 2. The van der Waals surface area contributed by atoms with E-state index < -0.39 is 5.60 Å². The van der Waals surface area contributed by atoms with E-state index in [1.165, 1.54) is 27.8 Å². The minimum atomic E-state index is -0.881. The van der Waals surface area contributed by atoms with E-state index in [1.54, 1.807) is 0 Å². The molecular weight excluding hydrogens is 298 g/mol. The summed E-state index contributed by atoms with van der Waals surface area (Å²) in [5.74, 6) is 0. The maximum absolute atomic E-state index is 10.3. The van der Waals surface area contributed by atoms with Crippen molar-refractivity contribution in [1.82, 2.24) is 4.90 Å². The Bertz CT molecular complexity index is 742. The highest BCUT2D eigenvalue weighted by Crippen LogP contribution is 2.37. The van der Waals surface area contributed by atoms with Crippen LogP contribution in [0.25, 0.3) is 11.1 Å². The van der Waals surface area contributed by atoms with Crippen LogP contribution in [0.2, 0.25) is 0 Å². The van der Waals surface area contributed by atoms with Crippen molar-refractivity contribution in [3.05, 3.63) is 59.2 Å². The van der Waals surface area contributed by atoms with Crippen molar-refractivity contribution in [2.24, 2.45) is 0 Å². The molecule has 4 rings (SSSR count). The van der Waals surface area contributed by atoms with Gasteiger partial charge in [0.1, 0.15) is 0 Å². The first-order valence-electron chi connectivity index (χ1n) is 8.93. The maximum Gasteiger partial charge on any atom is 0.0890 e. The summed E-state index contributed by atoms with van der Waals surface area (Å²) in [6.07, 6.45) is 3.32. The third-order valence-electron chi connectivity index (χ3n) is 5.57. The summed E-state index contributed by atoms with van der Waals surface area (Å²) >= 11 is 0. The zero-order chi connectivity index (χ0) is 16.6. The van der Waals surface area contributed by atoms with E-state index in [-0.39, 0.29) is 6.61 Å². The lowest BCUT2D eigenvalue weighted by Gasteiger charge is -2.24. The molecule has 126 valence electrons. The van der Waals surface area contributed by atoms with Gasteiger partial charge in [0.05, 0.1) is 12.2 Å². The molecule has 2 aromatic rings. The molecule has 3 heteroatoms. The molecule has 1 heterocycles. The SMILES string of the molecule is OC[C@]1(O)CCCN(Cc2ccc3c(c2)Cc2ccccc2-3)CC1. The van der Waals surface area contributed by atoms with Crippen molar-refractivity contribution < 1.29 is 10.2 Å². The topological polar surface area (TPSA) is 43.7 Å². The van der Waals surface area contributed by atoms with Gasteiger partial charge in [-0.25, -0.2) is 0 Å². The minimum Gasteiger partial charge on any atom is -0.393 e. The van der Waals surface area contributed by atoms with Crippen LogP contribution in [0.4, 0.5) is 0 Å². The van der Waals surface area contributed by atoms with E-state index in [0.717, 1.165) is 32.5 Å². The number of rotatable bonds is 3. The first-order chi connectivity index (χ1) is 11.7. The van der Waals surface area contributed by atoms with E-state index in [0.29, 0.717) is 12.8 Å². The molecule has 2 N–H and O–H groups in total. The van der Waals surface area contributed by atoms with Crippen molar-refractivity contribution in [1.29, 1.82) is 0 Å². The van der Waals surface area contributed by atoms with Crippen LogP contribution < -0.4 is 0 Å². The molecular formula is C21H25NO2. The maximum atomic E-state index is 10.3. The fourth-order valence-corrected chi connectivity index (χ4v) is 4.11. The molecule has 3 nitrogen and oxygen atoms in total. The van der Waals surface area contributed by atoms with Crippen LogP contribution in [0.1, 0.15) is 36.0 Å². The van der Waals surface area contributed by atoms with Gasteiger partial charge < -0.3 is 10.2 Å². The van der Waals surface area contributed by atoms with Crippen LogP contribution in [-0.2, 0) is 13.0 Å². The second-order valence-electron chi connectivity index (χ2n) is 7.34. The zero-order valence-electron chi connectivity index (χ0n) is 14.0. The van der Waals surface area contributed by atoms with Crippen molar-refractivity contribution in [2.75, 3.05) is 19.7 Å². The first-order valence-corrected chi connectivity index (χ1v) is 8.93. The van der Waals surface area contributed by atoms with Crippen molar-refractivity contribution in [3.8, 4) is 11.1 Å². The Morgan fingerprint density at radius 1 is 0.958 bits per heavy atom. The van der Waals surface area contributed by atoms with E-state index in [4.69, 9.17) is 0 Å². The van der Waals surface area contributed by atoms with Crippen LogP contribution in [0.5, 0.6) is 0 Å². The normalized spacial score (nSPS) is 23.6. The van der Waals surface area contributed by atoms with E-state index >= 15 is 0 Å². The number of nitrogens with zero attached hydrogens (tertiary/aromatic N) is 1. The molecule has 0 saturated carbocycles. The second-order valence-corrected chi connectivity index (χ2v) is 7.34. The number of aliphatic hydroxyl groups excluding tert-OH is 1. The van der Waals surface area contributed by atoms with Gasteiger partial charge in [0, 0.05) is 13.1 Å². The molecule has 0 unspecified atom stereocenters. The molecule has 0 radical (unpaired) electrons. The van der Waals surface area contributed by atoms with E-state index in [9.17, 15) is 10.2 Å². The molecule has 0 aromatic heterocycles. The zero-order valence-corrected chi connectivity index (χ0v) is 14.0. The van der Waals surface area contributed by atoms with Crippen LogP contribution in [0, 0.1) is 0 Å². The van der Waals surface area contributed by atoms with Gasteiger partial charge in [-0.15, -0.1) is 0 Å². The molecule has 2 aliphatic rings. The molecule has 1 saturated heterocycles. The van der Waals surface area contributed by atoms with E-state index in [1.807, 2.05) is 0 Å². The van der Waals surface area contributed by atoms with Gasteiger partial charge in [-0.05, 0) is 60.0 Å². The average Bonchev–Trinajstić information content (AvgIpc) is 2.86. The largest absolute Gasteiger partial charge is 0.393 e. The molecule has 0 spiro atoms. The first kappa shape index (κ1) is 15.8. The summed E-state index contributed by atoms with van der Waals surface area (Å²) in [5.41, 5.74) is 6.06. The Balaban J connectivity index is 1.48. The molecule has 2 aromatic carbocycles. The van der Waals surface area contributed by atoms with Crippen molar-refractivity contribution in [2.45, 2.75) is 37.8 Å². The van der Waals surface area contributed by atoms with Crippen LogP contribution in [0.3, 0.4) is 0 Å². The smallest absolute Gasteiger partial charge is 0.0890 e. The standard InChI is InChI=1S/C21H25NO2/c23-15-21(24)8-3-10-22(11-9-21)14-16-6-7-20-18(12-16)13-17-4-1-2-5-19(17)20/h1-2,4-7,12,23-24H,3,8-11,13-15H2/t21-/m0/s1. The summed E-state index contributed by atoms with van der Waals surface area (Å²) in [4.78, 5) is 2.40. The quantitative estimate of drug-likeness (QED) is 0.779. The van der Waals surface area contributed by atoms with Gasteiger partial charge in [0.25, 0.3) is 0 Å². The molecule has 24 heavy (non-hydrogen) atoms. The Hall–Kier alpha value is -1.68. The predicted octanol–water partition coefficient (Wildman–Crippen LogP) is 2.97. The summed E-state index contributed by atoms with van der Waals surface area (Å²) < 4.78 is 0. The van der Waals surface area contributed by atoms with Crippen LogP contribution in [0.15, 0.2) is 42.5 Å². The molecule has 1 aliphatic heterocycles. The van der Waals surface area contributed by atoms with Crippen molar-refractivity contribution >= 4 is 0 Å². The summed E-state index contributed by atoms with van der Waals surface area (Å²) in [6.45, 7) is 2.62. The third-order valence-corrected chi connectivity index (χ3v) is 5.57. The number of aliphatic hydroxyl groups is 2. The Morgan fingerprint density at radius 3 is 2.67 bits per heavy atom. The highest BCUT2D eigenvalue weighted by molar-refractivity contribution is 5.76. The molecule has 1 aliphatic carbocycles. The second kappa shape index (κ2) is 6.32. The fourth-order valence-electron chi connectivity index (χ4n) is 4.11. The van der Waals surface area contributed by atoms with Crippen molar-refractivity contribution in [3.63, 3.8) is 0 Å². The summed E-state index contributed by atoms with van der Waals surface area (Å²) in [5, 5.41) is 19.7. The predicted molar refractivity (Wildman–Crippen MR) is 95.8 cm³/mol. The Morgan fingerprint density at radius 2 is 1.79 bits per heavy atom. The van der Waals surface area contributed by atoms with Gasteiger partial charge in [0.2, 0.25) is 0 Å². The number of likely N-dealkylation sites (tertiary alicyclic amines) is 1. The average molecular weight is 323 g/mol. The lowest BCUT2D eigenvalue weighted by Crippen LogP contribution is -2.34. The number of fused-ring (bicyclic) bond motifs is 3. The Labute approximate surface area is 143 Å². The summed E-state index contributed by atoms with van der Waals surface area (Å²) in [7, 11) is 0. The van der Waals surface area contributed by atoms with Gasteiger partial charge in [0.15, 0.2) is 0 Å². The number of hydrogen-bond donors (Lipinski definition) is 2. The lowest BCUT2D eigenvalue weighted by molar-refractivity contribution is -0.0255. The molecule has 0 amide bonds. The minimum absolute atomic E-state index is 0.127. The summed E-state index contributed by atoms with van der Waals surface area (Å²) in [6, 6.07) is 15.5. The third kappa shape index (κ3) is 3.00. The highest BCUT2D eigenvalue weighted by Gasteiger charge is 2.29. The van der Waals surface area contributed by atoms with Gasteiger partial charge in [-0.2, -0.15) is 0 Å². The molecule has 1 atom stereocenters.